The van der Waals surface area contributed by atoms with Crippen LogP contribution in [0.4, 0.5) is 0 Å². The molecule has 0 aromatic heterocycles. The van der Waals surface area contributed by atoms with E-state index in [1.54, 1.807) is 0 Å². The number of unbranched alkanes of at least 4 members (excludes halogenated alkanes) is 1. The van der Waals surface area contributed by atoms with Crippen molar-refractivity contribution < 1.29 is 23.4 Å². The molecule has 1 amide bonds. The quantitative estimate of drug-likeness (QED) is 0.253. The molecule has 30 heavy (non-hydrogen) atoms. The number of hydrogen-bond acceptors (Lipinski definition) is 6. The number of amides is 1. The van der Waals surface area contributed by atoms with Crippen LogP contribution in [-0.4, -0.2) is 61.1 Å². The lowest BCUT2D eigenvalue weighted by atomic mass is 9.83. The van der Waals surface area contributed by atoms with Crippen LogP contribution in [0.5, 0.6) is 0 Å². The van der Waals surface area contributed by atoms with Gasteiger partial charge in [0, 0.05) is 6.54 Å². The van der Waals surface area contributed by atoms with Crippen LogP contribution in [-0.2, 0) is 14.8 Å². The zero-order chi connectivity index (χ0) is 22.7. The minimum atomic E-state index is -3.72. The molecule has 4 atom stereocenters. The lowest BCUT2D eigenvalue weighted by Crippen LogP contribution is -2.55. The molecule has 0 radical (unpaired) electrons. The Morgan fingerprint density at radius 2 is 1.80 bits per heavy atom. The first-order valence-corrected chi connectivity index (χ1v) is 13.1. The van der Waals surface area contributed by atoms with Crippen molar-refractivity contribution in [1.82, 2.24) is 10.0 Å². The maximum Gasteiger partial charge on any atom is 0.237 e. The fourth-order valence-electron chi connectivity index (χ4n) is 4.03. The first-order valence-electron chi connectivity index (χ1n) is 11.4. The van der Waals surface area contributed by atoms with Gasteiger partial charge in [-0.1, -0.05) is 59.3 Å². The van der Waals surface area contributed by atoms with Crippen LogP contribution in [0.3, 0.4) is 0 Å². The van der Waals surface area contributed by atoms with Gasteiger partial charge < -0.3 is 21.3 Å². The summed E-state index contributed by atoms with van der Waals surface area (Å²) in [6.45, 7) is 6.20. The summed E-state index contributed by atoms with van der Waals surface area (Å²) in [5.74, 6) is -0.406. The second-order valence-electron chi connectivity index (χ2n) is 9.18. The number of nitrogens with two attached hydrogens (primary N) is 1. The van der Waals surface area contributed by atoms with E-state index in [1.807, 2.05) is 20.8 Å². The van der Waals surface area contributed by atoms with Gasteiger partial charge >= 0.3 is 0 Å². The molecular formula is C21H43N3O5S. The van der Waals surface area contributed by atoms with Crippen LogP contribution in [0.25, 0.3) is 0 Å². The van der Waals surface area contributed by atoms with E-state index in [4.69, 9.17) is 5.73 Å². The van der Waals surface area contributed by atoms with Crippen molar-refractivity contribution in [3.05, 3.63) is 0 Å². The van der Waals surface area contributed by atoms with Gasteiger partial charge in [0.1, 0.15) is 6.10 Å². The van der Waals surface area contributed by atoms with Crippen LogP contribution in [0.1, 0.15) is 78.6 Å². The van der Waals surface area contributed by atoms with Crippen molar-refractivity contribution in [2.24, 2.45) is 17.6 Å². The van der Waals surface area contributed by atoms with Gasteiger partial charge in [-0.05, 0) is 31.1 Å². The molecule has 0 bridgehead atoms. The normalized spacial score (nSPS) is 20.0. The standard InChI is InChI=1S/C21H43N3O5S/c1-4-5-11-23-30(28,29)14-19(25)20(26)18(13-16-9-7-6-8-10-16)24-21(27)17(22)12-15(2)3/h15-20,23,25-26H,4-14,22H2,1-3H3,(H,24,27)/t17-,18?,19?,20?/m0/s1. The van der Waals surface area contributed by atoms with Crippen molar-refractivity contribution in [3.63, 3.8) is 0 Å². The minimum Gasteiger partial charge on any atom is -0.389 e. The number of carbonyl (C=O) groups excluding carboxylic acids is 1. The Morgan fingerprint density at radius 1 is 1.17 bits per heavy atom. The summed E-state index contributed by atoms with van der Waals surface area (Å²) < 4.78 is 26.8. The molecule has 1 rings (SSSR count). The van der Waals surface area contributed by atoms with E-state index in [2.05, 4.69) is 10.0 Å². The fraction of sp³-hybridized carbons (Fsp3) is 0.952. The smallest absolute Gasteiger partial charge is 0.237 e. The van der Waals surface area contributed by atoms with E-state index in [0.717, 1.165) is 32.1 Å². The molecule has 6 N–H and O–H groups in total. The van der Waals surface area contributed by atoms with E-state index >= 15 is 0 Å². The average Bonchev–Trinajstić information content (AvgIpc) is 2.66. The van der Waals surface area contributed by atoms with Crippen LogP contribution >= 0.6 is 0 Å². The number of sulfonamides is 1. The number of nitrogens with one attached hydrogen (secondary N) is 2. The second-order valence-corrected chi connectivity index (χ2v) is 11.0. The topological polar surface area (TPSA) is 142 Å². The number of rotatable bonds is 14. The molecule has 8 nitrogen and oxygen atoms in total. The Balaban J connectivity index is 2.80. The molecule has 1 aliphatic carbocycles. The number of aliphatic hydroxyl groups is 2. The summed E-state index contributed by atoms with van der Waals surface area (Å²) in [4.78, 5) is 12.6. The zero-order valence-corrected chi connectivity index (χ0v) is 19.7. The Morgan fingerprint density at radius 3 is 2.37 bits per heavy atom. The first-order chi connectivity index (χ1) is 14.1. The van der Waals surface area contributed by atoms with Gasteiger partial charge in [0.05, 0.1) is 23.9 Å². The first kappa shape index (κ1) is 27.3. The van der Waals surface area contributed by atoms with Crippen molar-refractivity contribution in [2.45, 2.75) is 103 Å². The van der Waals surface area contributed by atoms with Gasteiger partial charge in [-0.2, -0.15) is 0 Å². The predicted octanol–water partition coefficient (Wildman–Crippen LogP) is 1.26. The third kappa shape index (κ3) is 10.5. The maximum absolute atomic E-state index is 12.6. The Labute approximate surface area is 182 Å². The highest BCUT2D eigenvalue weighted by Gasteiger charge is 2.34. The van der Waals surface area contributed by atoms with Crippen molar-refractivity contribution in [1.29, 1.82) is 0 Å². The largest absolute Gasteiger partial charge is 0.389 e. The predicted molar refractivity (Wildman–Crippen MR) is 119 cm³/mol. The Bertz CT molecular complexity index is 593. The average molecular weight is 450 g/mol. The summed E-state index contributed by atoms with van der Waals surface area (Å²) >= 11 is 0. The third-order valence-corrected chi connectivity index (χ3v) is 7.18. The van der Waals surface area contributed by atoms with Gasteiger partial charge in [-0.25, -0.2) is 13.1 Å². The summed E-state index contributed by atoms with van der Waals surface area (Å²) in [6, 6.07) is -1.44. The Kier molecular flexibility index (Phi) is 12.4. The van der Waals surface area contributed by atoms with Gasteiger partial charge in [0.15, 0.2) is 0 Å². The molecule has 9 heteroatoms. The Hall–Kier alpha value is -0.740. The highest BCUT2D eigenvalue weighted by Crippen LogP contribution is 2.28. The minimum absolute atomic E-state index is 0.248. The van der Waals surface area contributed by atoms with Crippen LogP contribution < -0.4 is 15.8 Å². The maximum atomic E-state index is 12.6. The summed E-state index contributed by atoms with van der Waals surface area (Å²) in [7, 11) is -3.72. The molecule has 1 fully saturated rings. The molecule has 0 aromatic carbocycles. The molecular weight excluding hydrogens is 406 g/mol. The molecule has 0 aliphatic heterocycles. The molecule has 0 saturated heterocycles. The van der Waals surface area contributed by atoms with E-state index < -0.39 is 40.1 Å². The highest BCUT2D eigenvalue weighted by atomic mass is 32.2. The van der Waals surface area contributed by atoms with Crippen LogP contribution in [0, 0.1) is 11.8 Å². The zero-order valence-electron chi connectivity index (χ0n) is 18.8. The number of aliphatic hydroxyl groups excluding tert-OH is 2. The number of carbonyl (C=O) groups is 1. The molecule has 0 aromatic rings. The second kappa shape index (κ2) is 13.6. The van der Waals surface area contributed by atoms with Crippen molar-refractivity contribution in [2.75, 3.05) is 12.3 Å². The van der Waals surface area contributed by atoms with Crippen LogP contribution in [0.2, 0.25) is 0 Å². The number of hydrogen-bond donors (Lipinski definition) is 5. The molecule has 1 aliphatic rings. The van der Waals surface area contributed by atoms with E-state index in [1.165, 1.54) is 6.42 Å². The third-order valence-electron chi connectivity index (χ3n) is 5.75. The van der Waals surface area contributed by atoms with Crippen molar-refractivity contribution in [3.8, 4) is 0 Å². The van der Waals surface area contributed by atoms with Crippen molar-refractivity contribution >= 4 is 15.9 Å². The monoisotopic (exact) mass is 449 g/mol. The highest BCUT2D eigenvalue weighted by molar-refractivity contribution is 7.89. The van der Waals surface area contributed by atoms with E-state index in [0.29, 0.717) is 31.7 Å². The van der Waals surface area contributed by atoms with E-state index in [9.17, 15) is 23.4 Å². The van der Waals surface area contributed by atoms with Gasteiger partial charge in [-0.3, -0.25) is 4.79 Å². The molecule has 0 heterocycles. The SMILES string of the molecule is CCCCNS(=O)(=O)CC(O)C(O)C(CC1CCCCC1)NC(=O)[C@@H](N)CC(C)C. The summed E-state index contributed by atoms with van der Waals surface area (Å²) in [6.07, 6.45) is 5.07. The van der Waals surface area contributed by atoms with E-state index in [-0.39, 0.29) is 11.8 Å². The van der Waals surface area contributed by atoms with Gasteiger partial charge in [0.25, 0.3) is 0 Å². The van der Waals surface area contributed by atoms with Gasteiger partial charge in [0.2, 0.25) is 15.9 Å². The van der Waals surface area contributed by atoms with Gasteiger partial charge in [-0.15, -0.1) is 0 Å². The summed E-state index contributed by atoms with van der Waals surface area (Å²) in [5.41, 5.74) is 5.98. The summed E-state index contributed by atoms with van der Waals surface area (Å²) in [5, 5.41) is 24.0. The molecule has 178 valence electrons. The molecule has 1 saturated carbocycles. The van der Waals surface area contributed by atoms with Crippen LogP contribution in [0.15, 0.2) is 0 Å². The fourth-order valence-corrected chi connectivity index (χ4v) is 5.25. The lowest BCUT2D eigenvalue weighted by molar-refractivity contribution is -0.125. The lowest BCUT2D eigenvalue weighted by Gasteiger charge is -2.33. The molecule has 0 spiro atoms. The molecule has 3 unspecified atom stereocenters.